The molecule has 1 fully saturated rings. The van der Waals surface area contributed by atoms with Gasteiger partial charge in [-0.2, -0.15) is 0 Å². The molecule has 0 spiro atoms. The highest BCUT2D eigenvalue weighted by molar-refractivity contribution is 5.80. The standard InChI is InChI=1S/C13H13F2NO/c1-7-8-3-2-4-9(14)12(8)13(15)10-5-6-11(17)16(7)10/h2-4,7,10,13H,5-6H2,1H3. The highest BCUT2D eigenvalue weighted by Gasteiger charge is 2.46. The monoisotopic (exact) mass is 237 g/mol. The summed E-state index contributed by atoms with van der Waals surface area (Å²) >= 11 is 0. The molecule has 3 atom stereocenters. The minimum Gasteiger partial charge on any atom is -0.330 e. The summed E-state index contributed by atoms with van der Waals surface area (Å²) in [5.41, 5.74) is 0.750. The van der Waals surface area contributed by atoms with E-state index in [0.29, 0.717) is 18.4 Å². The van der Waals surface area contributed by atoms with Gasteiger partial charge in [0.2, 0.25) is 5.91 Å². The Bertz CT molecular complexity index is 488. The lowest BCUT2D eigenvalue weighted by molar-refractivity contribution is -0.132. The first-order chi connectivity index (χ1) is 8.11. The Morgan fingerprint density at radius 2 is 2.18 bits per heavy atom. The second-order valence-corrected chi connectivity index (χ2v) is 4.73. The molecule has 0 N–H and O–H groups in total. The lowest BCUT2D eigenvalue weighted by Gasteiger charge is -2.39. The van der Waals surface area contributed by atoms with Gasteiger partial charge in [0, 0.05) is 12.0 Å². The van der Waals surface area contributed by atoms with Gasteiger partial charge in [0.05, 0.1) is 12.1 Å². The van der Waals surface area contributed by atoms with Gasteiger partial charge in [0.15, 0.2) is 0 Å². The van der Waals surface area contributed by atoms with E-state index >= 15 is 0 Å². The quantitative estimate of drug-likeness (QED) is 0.679. The van der Waals surface area contributed by atoms with Crippen molar-refractivity contribution in [3.05, 3.63) is 35.1 Å². The number of carbonyl (C=O) groups excluding carboxylic acids is 1. The molecule has 17 heavy (non-hydrogen) atoms. The molecule has 0 saturated carbocycles. The second kappa shape index (κ2) is 3.52. The summed E-state index contributed by atoms with van der Waals surface area (Å²) < 4.78 is 28.0. The van der Waals surface area contributed by atoms with E-state index in [1.807, 2.05) is 6.92 Å². The maximum Gasteiger partial charge on any atom is 0.223 e. The highest BCUT2D eigenvalue weighted by atomic mass is 19.1. The van der Waals surface area contributed by atoms with E-state index < -0.39 is 18.0 Å². The van der Waals surface area contributed by atoms with Crippen LogP contribution in [0.25, 0.3) is 0 Å². The summed E-state index contributed by atoms with van der Waals surface area (Å²) in [6, 6.07) is 3.84. The van der Waals surface area contributed by atoms with Crippen molar-refractivity contribution in [3.63, 3.8) is 0 Å². The molecule has 2 aliphatic rings. The zero-order valence-electron chi connectivity index (χ0n) is 9.49. The summed E-state index contributed by atoms with van der Waals surface area (Å²) in [7, 11) is 0. The van der Waals surface area contributed by atoms with Gasteiger partial charge >= 0.3 is 0 Å². The third-order valence-corrected chi connectivity index (χ3v) is 3.87. The molecular formula is C13H13F2NO. The van der Waals surface area contributed by atoms with Crippen LogP contribution in [0.2, 0.25) is 0 Å². The normalized spacial score (nSPS) is 31.4. The lowest BCUT2D eigenvalue weighted by atomic mass is 9.87. The van der Waals surface area contributed by atoms with E-state index in [1.54, 1.807) is 17.0 Å². The predicted octanol–water partition coefficient (Wildman–Crippen LogP) is 2.90. The van der Waals surface area contributed by atoms with Gasteiger partial charge in [-0.15, -0.1) is 0 Å². The summed E-state index contributed by atoms with van der Waals surface area (Å²) in [6.07, 6.45) is -0.544. The maximum absolute atomic E-state index is 14.3. The van der Waals surface area contributed by atoms with Crippen LogP contribution < -0.4 is 0 Å². The minimum atomic E-state index is -1.39. The van der Waals surface area contributed by atoms with E-state index in [1.165, 1.54) is 6.07 Å². The number of hydrogen-bond donors (Lipinski definition) is 0. The van der Waals surface area contributed by atoms with Crippen LogP contribution >= 0.6 is 0 Å². The predicted molar refractivity (Wildman–Crippen MR) is 58.5 cm³/mol. The molecule has 0 bridgehead atoms. The number of amides is 1. The highest BCUT2D eigenvalue weighted by Crippen LogP contribution is 2.46. The third kappa shape index (κ3) is 1.33. The van der Waals surface area contributed by atoms with Gasteiger partial charge in [-0.3, -0.25) is 4.79 Å². The first-order valence-electron chi connectivity index (χ1n) is 5.85. The van der Waals surface area contributed by atoms with E-state index in [-0.39, 0.29) is 17.5 Å². The number of hydrogen-bond acceptors (Lipinski definition) is 1. The van der Waals surface area contributed by atoms with Crippen LogP contribution in [0.5, 0.6) is 0 Å². The zero-order valence-corrected chi connectivity index (χ0v) is 9.49. The molecule has 0 aromatic heterocycles. The zero-order chi connectivity index (χ0) is 12.2. The van der Waals surface area contributed by atoms with E-state index in [2.05, 4.69) is 0 Å². The Labute approximate surface area is 98.2 Å². The van der Waals surface area contributed by atoms with Crippen molar-refractivity contribution in [3.8, 4) is 0 Å². The van der Waals surface area contributed by atoms with Gasteiger partial charge < -0.3 is 4.90 Å². The molecule has 1 amide bonds. The van der Waals surface area contributed by atoms with Crippen molar-refractivity contribution in [1.82, 2.24) is 4.90 Å². The van der Waals surface area contributed by atoms with E-state index in [9.17, 15) is 13.6 Å². The SMILES string of the molecule is CC1c2cccc(F)c2C(F)C2CCC(=O)N12. The fourth-order valence-corrected chi connectivity index (χ4v) is 3.07. The van der Waals surface area contributed by atoms with Gasteiger partial charge in [-0.1, -0.05) is 12.1 Å². The lowest BCUT2D eigenvalue weighted by Crippen LogP contribution is -2.42. The van der Waals surface area contributed by atoms with Gasteiger partial charge in [0.25, 0.3) is 0 Å². The van der Waals surface area contributed by atoms with Crippen molar-refractivity contribution in [2.45, 2.75) is 38.0 Å². The van der Waals surface area contributed by atoms with Crippen LogP contribution in [0.3, 0.4) is 0 Å². The van der Waals surface area contributed by atoms with Crippen molar-refractivity contribution in [2.75, 3.05) is 0 Å². The molecule has 2 nitrogen and oxygen atoms in total. The summed E-state index contributed by atoms with van der Waals surface area (Å²) in [6.45, 7) is 1.83. The number of halogens is 2. The number of benzene rings is 1. The molecule has 2 aliphatic heterocycles. The van der Waals surface area contributed by atoms with Crippen LogP contribution in [0.4, 0.5) is 8.78 Å². The number of nitrogens with zero attached hydrogens (tertiary/aromatic N) is 1. The van der Waals surface area contributed by atoms with Crippen molar-refractivity contribution in [1.29, 1.82) is 0 Å². The third-order valence-electron chi connectivity index (χ3n) is 3.87. The van der Waals surface area contributed by atoms with Crippen molar-refractivity contribution in [2.24, 2.45) is 0 Å². The first-order valence-corrected chi connectivity index (χ1v) is 5.85. The fraction of sp³-hybridized carbons (Fsp3) is 0.462. The Hall–Kier alpha value is -1.45. The topological polar surface area (TPSA) is 20.3 Å². The van der Waals surface area contributed by atoms with Crippen molar-refractivity contribution < 1.29 is 13.6 Å². The molecule has 3 rings (SSSR count). The number of carbonyl (C=O) groups is 1. The summed E-state index contributed by atoms with van der Waals surface area (Å²) in [5.74, 6) is -0.527. The van der Waals surface area contributed by atoms with Crippen LogP contribution in [0, 0.1) is 5.82 Å². The minimum absolute atomic E-state index is 0.0277. The smallest absolute Gasteiger partial charge is 0.223 e. The van der Waals surface area contributed by atoms with Gasteiger partial charge in [-0.05, 0) is 25.0 Å². The second-order valence-electron chi connectivity index (χ2n) is 4.73. The van der Waals surface area contributed by atoms with Gasteiger partial charge in [0.1, 0.15) is 12.0 Å². The molecule has 1 aromatic rings. The Balaban J connectivity index is 2.17. The van der Waals surface area contributed by atoms with E-state index in [0.717, 1.165) is 0 Å². The largest absolute Gasteiger partial charge is 0.330 e. The Kier molecular flexibility index (Phi) is 2.21. The van der Waals surface area contributed by atoms with E-state index in [4.69, 9.17) is 0 Å². The van der Waals surface area contributed by atoms with Crippen LogP contribution in [0.1, 0.15) is 43.1 Å². The molecule has 1 aromatic carbocycles. The summed E-state index contributed by atoms with van der Waals surface area (Å²) in [5, 5.41) is 0. The molecule has 3 unspecified atom stereocenters. The van der Waals surface area contributed by atoms with Crippen LogP contribution in [-0.2, 0) is 4.79 Å². The molecule has 4 heteroatoms. The van der Waals surface area contributed by atoms with Crippen LogP contribution in [0.15, 0.2) is 18.2 Å². The average molecular weight is 237 g/mol. The molecule has 0 aliphatic carbocycles. The summed E-state index contributed by atoms with van der Waals surface area (Å²) in [4.78, 5) is 13.3. The molecule has 1 saturated heterocycles. The first kappa shape index (κ1) is 10.7. The number of alkyl halides is 1. The fourth-order valence-electron chi connectivity index (χ4n) is 3.07. The van der Waals surface area contributed by atoms with Gasteiger partial charge in [-0.25, -0.2) is 8.78 Å². The Morgan fingerprint density at radius 3 is 2.94 bits per heavy atom. The Morgan fingerprint density at radius 1 is 1.41 bits per heavy atom. The molecule has 90 valence electrons. The number of rotatable bonds is 0. The maximum atomic E-state index is 14.3. The average Bonchev–Trinajstić information content (AvgIpc) is 2.68. The number of fused-ring (bicyclic) bond motifs is 2. The van der Waals surface area contributed by atoms with Crippen LogP contribution in [-0.4, -0.2) is 16.8 Å². The molecular weight excluding hydrogens is 224 g/mol. The molecule has 2 heterocycles. The molecule has 0 radical (unpaired) electrons. The van der Waals surface area contributed by atoms with Crippen molar-refractivity contribution >= 4 is 5.91 Å².